The van der Waals surface area contributed by atoms with Crippen LogP contribution in [0.5, 0.6) is 0 Å². The zero-order chi connectivity index (χ0) is 11.7. The molecule has 1 aromatic heterocycles. The number of fused-ring (bicyclic) bond motifs is 1. The highest BCUT2D eigenvalue weighted by atomic mass is 16.7. The van der Waals surface area contributed by atoms with Crippen LogP contribution in [0.25, 0.3) is 10.9 Å². The fraction of sp³-hybridized carbons (Fsp3) is 0.250. The van der Waals surface area contributed by atoms with E-state index in [-0.39, 0.29) is 11.7 Å². The van der Waals surface area contributed by atoms with E-state index in [9.17, 15) is 4.79 Å². The molecule has 0 saturated heterocycles. The summed E-state index contributed by atoms with van der Waals surface area (Å²) in [6.45, 7) is 3.80. The lowest BCUT2D eigenvalue weighted by Gasteiger charge is -2.10. The molecular formula is C12H13NO3. The Balaban J connectivity index is 2.62. The number of rotatable bonds is 3. The van der Waals surface area contributed by atoms with Gasteiger partial charge in [-0.1, -0.05) is 18.2 Å². The van der Waals surface area contributed by atoms with Crippen LogP contribution in [0.4, 0.5) is 0 Å². The summed E-state index contributed by atoms with van der Waals surface area (Å²) in [6.07, 6.45) is 1.50. The van der Waals surface area contributed by atoms with Gasteiger partial charge in [-0.3, -0.25) is 0 Å². The molecule has 1 heterocycles. The van der Waals surface area contributed by atoms with Gasteiger partial charge in [0, 0.05) is 5.39 Å². The van der Waals surface area contributed by atoms with Gasteiger partial charge in [-0.25, -0.2) is 4.79 Å². The normalized spacial score (nSPS) is 10.9. The van der Waals surface area contributed by atoms with Crippen molar-refractivity contribution < 1.29 is 14.7 Å². The van der Waals surface area contributed by atoms with Crippen LogP contribution in [0, 0.1) is 0 Å². The smallest absolute Gasteiger partial charge is 0.338 e. The van der Waals surface area contributed by atoms with Crippen LogP contribution in [-0.4, -0.2) is 21.9 Å². The third-order valence-electron chi connectivity index (χ3n) is 2.23. The van der Waals surface area contributed by atoms with Crippen LogP contribution >= 0.6 is 0 Å². The van der Waals surface area contributed by atoms with Crippen molar-refractivity contribution in [2.24, 2.45) is 0 Å². The molecule has 16 heavy (non-hydrogen) atoms. The van der Waals surface area contributed by atoms with E-state index in [2.05, 4.69) is 0 Å². The number of carboxylic acid groups (broad SMARTS) is 1. The molecular weight excluding hydrogens is 206 g/mol. The van der Waals surface area contributed by atoms with Gasteiger partial charge in [-0.2, -0.15) is 4.73 Å². The molecule has 0 aliphatic heterocycles. The molecule has 1 aromatic carbocycles. The molecule has 2 aromatic rings. The number of aromatic carboxylic acids is 1. The Morgan fingerprint density at radius 3 is 2.69 bits per heavy atom. The molecule has 84 valence electrons. The number of carboxylic acids is 1. The van der Waals surface area contributed by atoms with Gasteiger partial charge in [-0.15, -0.1) is 0 Å². The maximum Gasteiger partial charge on any atom is 0.338 e. The van der Waals surface area contributed by atoms with E-state index >= 15 is 0 Å². The van der Waals surface area contributed by atoms with Crippen molar-refractivity contribution in [3.8, 4) is 0 Å². The Morgan fingerprint density at radius 2 is 2.06 bits per heavy atom. The Labute approximate surface area is 93.0 Å². The molecule has 0 spiro atoms. The lowest BCUT2D eigenvalue weighted by atomic mass is 10.2. The summed E-state index contributed by atoms with van der Waals surface area (Å²) >= 11 is 0. The second-order valence-corrected chi connectivity index (χ2v) is 3.85. The highest BCUT2D eigenvalue weighted by molar-refractivity contribution is 6.03. The van der Waals surface area contributed by atoms with Crippen molar-refractivity contribution in [3.63, 3.8) is 0 Å². The maximum atomic E-state index is 11.0. The lowest BCUT2D eigenvalue weighted by Crippen LogP contribution is -2.17. The third-order valence-corrected chi connectivity index (χ3v) is 2.23. The zero-order valence-electron chi connectivity index (χ0n) is 9.18. The largest absolute Gasteiger partial charge is 0.478 e. The van der Waals surface area contributed by atoms with Gasteiger partial charge in [0.1, 0.15) is 6.10 Å². The van der Waals surface area contributed by atoms with Crippen molar-refractivity contribution in [3.05, 3.63) is 36.0 Å². The van der Waals surface area contributed by atoms with Crippen molar-refractivity contribution in [1.82, 2.24) is 4.73 Å². The first kappa shape index (κ1) is 10.5. The van der Waals surface area contributed by atoms with Gasteiger partial charge in [0.25, 0.3) is 0 Å². The Morgan fingerprint density at radius 1 is 1.38 bits per heavy atom. The quantitative estimate of drug-likeness (QED) is 0.860. The summed E-state index contributed by atoms with van der Waals surface area (Å²) in [4.78, 5) is 16.6. The number of para-hydroxylation sites is 1. The van der Waals surface area contributed by atoms with E-state index in [4.69, 9.17) is 9.94 Å². The number of benzene rings is 1. The van der Waals surface area contributed by atoms with E-state index in [0.29, 0.717) is 5.39 Å². The summed E-state index contributed by atoms with van der Waals surface area (Å²) in [5.41, 5.74) is 1.03. The van der Waals surface area contributed by atoms with E-state index < -0.39 is 5.97 Å². The minimum absolute atomic E-state index is 0.00236. The van der Waals surface area contributed by atoms with Gasteiger partial charge in [0.15, 0.2) is 0 Å². The van der Waals surface area contributed by atoms with Gasteiger partial charge in [0.2, 0.25) is 0 Å². The van der Waals surface area contributed by atoms with Gasteiger partial charge in [-0.05, 0) is 19.9 Å². The number of aromatic nitrogens is 1. The lowest BCUT2D eigenvalue weighted by molar-refractivity contribution is 0.0640. The number of hydrogen-bond donors (Lipinski definition) is 1. The van der Waals surface area contributed by atoms with Gasteiger partial charge in [0.05, 0.1) is 17.3 Å². The Kier molecular flexibility index (Phi) is 2.56. The molecule has 0 saturated carbocycles. The zero-order valence-corrected chi connectivity index (χ0v) is 9.18. The summed E-state index contributed by atoms with van der Waals surface area (Å²) < 4.78 is 1.52. The van der Waals surface area contributed by atoms with E-state index in [0.717, 1.165) is 5.52 Å². The first-order chi connectivity index (χ1) is 7.59. The highest BCUT2D eigenvalue weighted by Gasteiger charge is 2.14. The standard InChI is InChI=1S/C12H13NO3/c1-8(2)16-13-7-10(12(14)15)9-5-3-4-6-11(9)13/h3-8H,1-2H3,(H,14,15). The molecule has 0 radical (unpaired) electrons. The predicted molar refractivity (Wildman–Crippen MR) is 60.6 cm³/mol. The number of hydrogen-bond acceptors (Lipinski definition) is 2. The number of carbonyl (C=O) groups is 1. The Hall–Kier alpha value is -1.97. The predicted octanol–water partition coefficient (Wildman–Crippen LogP) is 2.18. The summed E-state index contributed by atoms with van der Waals surface area (Å²) in [6, 6.07) is 7.28. The van der Waals surface area contributed by atoms with Gasteiger partial charge < -0.3 is 9.94 Å². The maximum absolute atomic E-state index is 11.0. The molecule has 0 aliphatic carbocycles. The fourth-order valence-corrected chi connectivity index (χ4v) is 1.63. The van der Waals surface area contributed by atoms with E-state index in [1.807, 2.05) is 32.0 Å². The van der Waals surface area contributed by atoms with Crippen LogP contribution in [0.1, 0.15) is 24.2 Å². The summed E-state index contributed by atoms with van der Waals surface area (Å²) in [5.74, 6) is -0.942. The topological polar surface area (TPSA) is 51.5 Å². The molecule has 2 rings (SSSR count). The molecule has 1 N–H and O–H groups in total. The monoisotopic (exact) mass is 219 g/mol. The molecule has 0 amide bonds. The molecule has 0 aliphatic rings. The van der Waals surface area contributed by atoms with Crippen LogP contribution in [0.2, 0.25) is 0 Å². The molecule has 4 nitrogen and oxygen atoms in total. The first-order valence-electron chi connectivity index (χ1n) is 5.10. The highest BCUT2D eigenvalue weighted by Crippen LogP contribution is 2.20. The summed E-state index contributed by atoms with van der Waals surface area (Å²) in [5, 5.41) is 9.75. The van der Waals surface area contributed by atoms with Crippen molar-refractivity contribution in [2.45, 2.75) is 20.0 Å². The average Bonchev–Trinajstić information content (AvgIpc) is 2.57. The van der Waals surface area contributed by atoms with Gasteiger partial charge >= 0.3 is 5.97 Å². The van der Waals surface area contributed by atoms with Crippen molar-refractivity contribution in [2.75, 3.05) is 0 Å². The Bertz CT molecular complexity index is 528. The minimum atomic E-state index is -0.942. The van der Waals surface area contributed by atoms with E-state index in [1.165, 1.54) is 10.9 Å². The minimum Gasteiger partial charge on any atom is -0.478 e. The third kappa shape index (κ3) is 1.74. The molecule has 4 heteroatoms. The second kappa shape index (κ2) is 3.89. The SMILES string of the molecule is CC(C)On1cc(C(=O)O)c2ccccc21. The summed E-state index contributed by atoms with van der Waals surface area (Å²) in [7, 11) is 0. The number of nitrogens with zero attached hydrogens (tertiary/aromatic N) is 1. The van der Waals surface area contributed by atoms with Crippen LogP contribution in [0.3, 0.4) is 0 Å². The van der Waals surface area contributed by atoms with Crippen molar-refractivity contribution >= 4 is 16.9 Å². The van der Waals surface area contributed by atoms with E-state index in [1.54, 1.807) is 6.07 Å². The van der Waals surface area contributed by atoms with Crippen molar-refractivity contribution in [1.29, 1.82) is 0 Å². The average molecular weight is 219 g/mol. The fourth-order valence-electron chi connectivity index (χ4n) is 1.63. The molecule has 0 fully saturated rings. The molecule has 0 atom stereocenters. The second-order valence-electron chi connectivity index (χ2n) is 3.85. The van der Waals surface area contributed by atoms with Crippen LogP contribution < -0.4 is 4.84 Å². The molecule has 0 unspecified atom stereocenters. The van der Waals surface area contributed by atoms with Crippen LogP contribution in [-0.2, 0) is 0 Å². The van der Waals surface area contributed by atoms with Crippen LogP contribution in [0.15, 0.2) is 30.5 Å². The first-order valence-corrected chi connectivity index (χ1v) is 5.10. The molecule has 0 bridgehead atoms.